The normalized spacial score (nSPS) is 12.6. The van der Waals surface area contributed by atoms with Gasteiger partial charge in [0.25, 0.3) is 0 Å². The number of aromatic nitrogens is 11. The third-order valence-electron chi connectivity index (χ3n) is 19.8. The molecule has 0 atom stereocenters. The van der Waals surface area contributed by atoms with Crippen molar-refractivity contribution in [3.05, 3.63) is 320 Å². The van der Waals surface area contributed by atoms with E-state index in [1.165, 1.54) is 27.9 Å². The van der Waals surface area contributed by atoms with Gasteiger partial charge in [-0.2, -0.15) is 0 Å². The zero-order valence-corrected chi connectivity index (χ0v) is 53.5. The molecule has 0 amide bonds. The van der Waals surface area contributed by atoms with Crippen LogP contribution in [0, 0.1) is 0 Å². The van der Waals surface area contributed by atoms with E-state index in [1.807, 2.05) is 97.1 Å². The number of rotatable bonds is 11. The van der Waals surface area contributed by atoms with Gasteiger partial charge in [0, 0.05) is 100 Å². The van der Waals surface area contributed by atoms with E-state index in [9.17, 15) is 0 Å². The van der Waals surface area contributed by atoms with Crippen molar-refractivity contribution in [2.75, 3.05) is 0 Å². The van der Waals surface area contributed by atoms with Crippen LogP contribution in [0.4, 0.5) is 0 Å². The minimum Gasteiger partial charge on any atom is -0.309 e. The van der Waals surface area contributed by atoms with Gasteiger partial charge in [-0.15, -0.1) is 0 Å². The zero-order chi connectivity index (χ0) is 65.1. The molecule has 18 aromatic rings. The van der Waals surface area contributed by atoms with E-state index in [1.54, 1.807) is 0 Å². The number of nitrogens with zero attached hydrogens (tertiary/aromatic N) is 11. The maximum atomic E-state index is 6.55. The van der Waals surface area contributed by atoms with Gasteiger partial charge in [-0.3, -0.25) is 9.13 Å². The van der Waals surface area contributed by atoms with Crippen LogP contribution in [0.2, 0.25) is 0 Å². The van der Waals surface area contributed by atoms with Crippen LogP contribution in [0.5, 0.6) is 0 Å². The summed E-state index contributed by atoms with van der Waals surface area (Å²) in [5.74, 6) is 4.53. The molecule has 2 aliphatic carbocycles. The molecule has 0 radical (unpaired) electrons. The number of hydrogen-bond acceptors (Lipinski definition) is 7. The van der Waals surface area contributed by atoms with E-state index in [-0.39, 0.29) is 0 Å². The molecule has 0 fully saturated rings. The fraction of sp³-hybridized carbons (Fsp3) is 0.0341. The molecule has 0 saturated carbocycles. The van der Waals surface area contributed by atoms with Crippen LogP contribution in [-0.2, 0) is 12.8 Å². The minimum atomic E-state index is 0.438. The highest BCUT2D eigenvalue weighted by molar-refractivity contribution is 6.13. The number of benzene rings is 11. The Labute approximate surface area is 569 Å². The van der Waals surface area contributed by atoms with Gasteiger partial charge in [-0.25, -0.2) is 34.9 Å². The standard InChI is InChI=1S/C88H57N11/c1-5-28-55(29-6-1)81-89-82(56-30-7-2-8-31-56)92-85(91-81)68-53-52-59(54-69(68)86-93-83(57-32-9-3-10-33-57)90-84(94-86)58-34-11-4-12-35-58)78-79(96-70-44-20-13-36-60(70)61-37-14-21-45-71(61)96)87(98-74-47-23-16-39-63(74)64-40-17-24-48-75(64)98)95-88(99-76-49-25-18-41-65(76)66-42-19-26-50-77(66)99)80(78)97-72-46-22-15-38-62(72)67-43-27-51-73(67)97/h1-25,27-49,52-54H,26,50-51H2. The highest BCUT2D eigenvalue weighted by atomic mass is 15.2. The first kappa shape index (κ1) is 56.1. The van der Waals surface area contributed by atoms with E-state index >= 15 is 0 Å². The Kier molecular flexibility index (Phi) is 12.9. The highest BCUT2D eigenvalue weighted by Gasteiger charge is 2.35. The van der Waals surface area contributed by atoms with Gasteiger partial charge in [0.05, 0.1) is 38.8 Å². The first-order valence-electron chi connectivity index (χ1n) is 33.7. The van der Waals surface area contributed by atoms with Crippen molar-refractivity contribution in [2.24, 2.45) is 0 Å². The van der Waals surface area contributed by atoms with Crippen LogP contribution < -0.4 is 0 Å². The third kappa shape index (κ3) is 8.94. The summed E-state index contributed by atoms with van der Waals surface area (Å²) < 4.78 is 9.98. The van der Waals surface area contributed by atoms with Crippen LogP contribution in [0.1, 0.15) is 28.9 Å². The van der Waals surface area contributed by atoms with Crippen LogP contribution in [-0.4, -0.2) is 53.2 Å². The van der Waals surface area contributed by atoms with Crippen molar-refractivity contribution < 1.29 is 0 Å². The highest BCUT2D eigenvalue weighted by Crippen LogP contribution is 2.51. The molecule has 2 aliphatic rings. The lowest BCUT2D eigenvalue weighted by Gasteiger charge is -2.28. The fourth-order valence-corrected chi connectivity index (χ4v) is 15.5. The Morgan fingerprint density at radius 3 is 1.08 bits per heavy atom. The number of allylic oxidation sites excluding steroid dienone is 2. The maximum Gasteiger partial charge on any atom is 0.165 e. The quantitative estimate of drug-likeness (QED) is 0.127. The Morgan fingerprint density at radius 1 is 0.253 bits per heavy atom. The number of fused-ring (bicyclic) bond motifs is 12. The van der Waals surface area contributed by atoms with Crippen LogP contribution in [0.25, 0.3) is 180 Å². The Morgan fingerprint density at radius 2 is 0.606 bits per heavy atom. The van der Waals surface area contributed by atoms with Crippen LogP contribution in [0.3, 0.4) is 0 Å². The number of hydrogen-bond donors (Lipinski definition) is 0. The summed E-state index contributed by atoms with van der Waals surface area (Å²) in [7, 11) is 0. The second-order valence-electron chi connectivity index (χ2n) is 25.4. The van der Waals surface area contributed by atoms with E-state index in [4.69, 9.17) is 34.9 Å². The second kappa shape index (κ2) is 22.7. The number of para-hydroxylation sites is 6. The van der Waals surface area contributed by atoms with Crippen molar-refractivity contribution in [1.29, 1.82) is 0 Å². The first-order valence-corrected chi connectivity index (χ1v) is 33.7. The molecular weight excluding hydrogens is 1210 g/mol. The third-order valence-corrected chi connectivity index (χ3v) is 19.8. The lowest BCUT2D eigenvalue weighted by molar-refractivity contribution is 0.849. The molecule has 0 unspecified atom stereocenters. The molecule has 0 spiro atoms. The van der Waals surface area contributed by atoms with Gasteiger partial charge in [-0.05, 0) is 66.9 Å². The molecule has 11 heteroatoms. The van der Waals surface area contributed by atoms with Crippen molar-refractivity contribution in [3.63, 3.8) is 0 Å². The average Bonchev–Trinajstić information content (AvgIpc) is 1.59. The van der Waals surface area contributed by atoms with Crippen molar-refractivity contribution in [1.82, 2.24) is 53.2 Å². The SMILES string of the molecule is C1=Cc2c(n(-c3nc(-n4c5ccccc5c5ccccc54)c(-n4c5ccccc5c5ccccc54)c(-c4ccc(-c5nc(-c6ccccc6)nc(-c6ccccc6)n5)c(-c5nc(-c6ccccc6)nc(-c6ccccc6)n5)c4)c3-n3c4c(c5ccccc53)C=CC4)c3ccccc23)CC1. The van der Waals surface area contributed by atoms with E-state index < -0.39 is 0 Å². The minimum absolute atomic E-state index is 0.438. The van der Waals surface area contributed by atoms with Gasteiger partial charge < -0.3 is 9.13 Å². The maximum absolute atomic E-state index is 6.55. The fourth-order valence-electron chi connectivity index (χ4n) is 15.5. The average molecular weight is 1270 g/mol. The van der Waals surface area contributed by atoms with Crippen molar-refractivity contribution in [3.8, 4) is 102 Å². The molecule has 7 heterocycles. The van der Waals surface area contributed by atoms with Crippen molar-refractivity contribution >= 4 is 77.6 Å². The van der Waals surface area contributed by atoms with Gasteiger partial charge in [0.1, 0.15) is 5.69 Å². The summed E-state index contributed by atoms with van der Waals surface area (Å²) in [6, 6.07) is 100. The molecule has 464 valence electrons. The zero-order valence-electron chi connectivity index (χ0n) is 53.5. The van der Waals surface area contributed by atoms with Gasteiger partial charge in [0.2, 0.25) is 0 Å². The van der Waals surface area contributed by atoms with Crippen molar-refractivity contribution in [2.45, 2.75) is 19.3 Å². The predicted octanol–water partition coefficient (Wildman–Crippen LogP) is 20.7. The molecule has 11 nitrogen and oxygen atoms in total. The summed E-state index contributed by atoms with van der Waals surface area (Å²) in [6.45, 7) is 0. The number of pyridine rings is 1. The smallest absolute Gasteiger partial charge is 0.165 e. The Hall–Kier alpha value is -13.3. The summed E-state index contributed by atoms with van der Waals surface area (Å²) >= 11 is 0. The molecular formula is C88H57N11. The van der Waals surface area contributed by atoms with E-state index in [0.717, 1.165) is 129 Å². The molecule has 7 aromatic heterocycles. The van der Waals surface area contributed by atoms with E-state index in [0.29, 0.717) is 52.5 Å². The Bertz CT molecular complexity index is 6150. The van der Waals surface area contributed by atoms with Gasteiger partial charge >= 0.3 is 0 Å². The predicted molar refractivity (Wildman–Crippen MR) is 401 cm³/mol. The van der Waals surface area contributed by atoms with Crippen LogP contribution >= 0.6 is 0 Å². The summed E-state index contributed by atoms with van der Waals surface area (Å²) in [5, 5.41) is 6.81. The van der Waals surface area contributed by atoms with E-state index in [2.05, 4.69) is 231 Å². The molecule has 0 N–H and O–H groups in total. The molecule has 0 aliphatic heterocycles. The molecule has 0 bridgehead atoms. The largest absolute Gasteiger partial charge is 0.309 e. The topological polar surface area (TPSA) is 110 Å². The lowest BCUT2D eigenvalue weighted by Crippen LogP contribution is -2.18. The lowest BCUT2D eigenvalue weighted by atomic mass is 9.94. The first-order chi connectivity index (χ1) is 49.1. The summed E-state index contributed by atoms with van der Waals surface area (Å²) in [4.78, 5) is 39.3. The molecule has 99 heavy (non-hydrogen) atoms. The van der Waals surface area contributed by atoms with Crippen LogP contribution in [0.15, 0.2) is 297 Å². The second-order valence-corrected chi connectivity index (χ2v) is 25.4. The van der Waals surface area contributed by atoms with Gasteiger partial charge in [-0.1, -0.05) is 261 Å². The van der Waals surface area contributed by atoms with Gasteiger partial charge in [0.15, 0.2) is 46.6 Å². The summed E-state index contributed by atoms with van der Waals surface area (Å²) in [6.07, 6.45) is 11.6. The molecule has 11 aromatic carbocycles. The molecule has 0 saturated heterocycles. The summed E-state index contributed by atoms with van der Waals surface area (Å²) in [5.41, 5.74) is 19.4. The molecule has 20 rings (SSSR count). The monoisotopic (exact) mass is 1270 g/mol. The Balaban J connectivity index is 1.03.